The average molecular weight is 514 g/mol. The van der Waals surface area contributed by atoms with Crippen LogP contribution in [-0.2, 0) is 14.3 Å². The first-order chi connectivity index (χ1) is 15.3. The van der Waals surface area contributed by atoms with Crippen LogP contribution in [0, 0.1) is 20.2 Å². The minimum Gasteiger partial charge on any atom is -0.469 e. The van der Waals surface area contributed by atoms with E-state index >= 15 is 0 Å². The largest absolute Gasteiger partial charge is 0.469 e. The Labute approximate surface area is 202 Å². The summed E-state index contributed by atoms with van der Waals surface area (Å²) in [4.78, 5) is 47.4. The topological polar surface area (TPSA) is 133 Å². The highest BCUT2D eigenvalue weighted by molar-refractivity contribution is 7.13. The molecule has 0 radical (unpaired) electrons. The molecule has 0 bridgehead atoms. The van der Waals surface area contributed by atoms with E-state index in [0.29, 0.717) is 48.3 Å². The van der Waals surface area contributed by atoms with Crippen LogP contribution < -0.4 is 0 Å². The second-order valence-electron chi connectivity index (χ2n) is 7.01. The van der Waals surface area contributed by atoms with Gasteiger partial charge in [-0.15, -0.1) is 12.4 Å². The van der Waals surface area contributed by atoms with Crippen LogP contribution in [0.15, 0.2) is 34.0 Å². The molecule has 33 heavy (non-hydrogen) atoms. The van der Waals surface area contributed by atoms with E-state index in [4.69, 9.17) is 0 Å². The van der Waals surface area contributed by atoms with Gasteiger partial charge in [0, 0.05) is 53.5 Å². The number of esters is 1. The molecule has 3 rings (SSSR count). The number of hydrogen-bond donors (Lipinski definition) is 0. The van der Waals surface area contributed by atoms with Crippen molar-refractivity contribution in [1.82, 2.24) is 4.90 Å². The lowest BCUT2D eigenvalue weighted by Gasteiger charge is -2.29. The smallest absolute Gasteiger partial charge is 0.324 e. The maximum Gasteiger partial charge on any atom is 0.324 e. The molecule has 1 aliphatic heterocycles. The zero-order chi connectivity index (χ0) is 23.3. The highest BCUT2D eigenvalue weighted by Crippen LogP contribution is 2.29. The SMILES string of the molecule is COC(=O)CCCN1C/C(=C\c2csc([N+](=O)[O-])c2)C(=O)/C(=C/c2csc([N+](=O)[O-])c2)C1.Cl. The van der Waals surface area contributed by atoms with Crippen molar-refractivity contribution in [3.63, 3.8) is 0 Å². The maximum atomic E-state index is 13.1. The van der Waals surface area contributed by atoms with Gasteiger partial charge in [0.15, 0.2) is 5.78 Å². The highest BCUT2D eigenvalue weighted by Gasteiger charge is 2.27. The lowest BCUT2D eigenvalue weighted by molar-refractivity contribution is -0.380. The number of ketones is 1. The Morgan fingerprint density at radius 1 is 1.06 bits per heavy atom. The van der Waals surface area contributed by atoms with Crippen LogP contribution in [0.25, 0.3) is 12.2 Å². The molecule has 0 amide bonds. The number of thiophene rings is 2. The molecule has 2 aromatic rings. The molecule has 13 heteroatoms. The number of methoxy groups -OCH3 is 1. The third-order valence-electron chi connectivity index (χ3n) is 4.71. The van der Waals surface area contributed by atoms with Crippen molar-refractivity contribution in [3.05, 3.63) is 65.4 Å². The maximum absolute atomic E-state index is 13.1. The fourth-order valence-electron chi connectivity index (χ4n) is 3.24. The molecule has 0 atom stereocenters. The summed E-state index contributed by atoms with van der Waals surface area (Å²) in [5.41, 5.74) is 2.04. The molecule has 0 saturated carbocycles. The van der Waals surface area contributed by atoms with Crippen molar-refractivity contribution in [2.45, 2.75) is 12.8 Å². The number of Topliss-reactive ketones (excluding diaryl/α,β-unsaturated/α-hetero) is 1. The standard InChI is InChI=1S/C20H19N3O7S2.ClH/c1-30-19(24)3-2-4-21-9-15(5-13-7-17(22(26)27)31-11-13)20(25)16(10-21)6-14-8-18(23(28)29)32-12-14;/h5-8,11-12H,2-4,9-10H2,1H3;1H/b15-5+,16-6+;. The van der Waals surface area contributed by atoms with E-state index in [1.54, 1.807) is 22.9 Å². The van der Waals surface area contributed by atoms with Crippen LogP contribution >= 0.6 is 35.1 Å². The second-order valence-corrected chi connectivity index (χ2v) is 8.79. The van der Waals surface area contributed by atoms with Gasteiger partial charge >= 0.3 is 16.0 Å². The van der Waals surface area contributed by atoms with Gasteiger partial charge in [-0.2, -0.15) is 0 Å². The van der Waals surface area contributed by atoms with Gasteiger partial charge in [0.2, 0.25) is 0 Å². The van der Waals surface area contributed by atoms with Crippen LogP contribution in [0.5, 0.6) is 0 Å². The lowest BCUT2D eigenvalue weighted by atomic mass is 9.95. The molecule has 1 fully saturated rings. The molecular weight excluding hydrogens is 494 g/mol. The fourth-order valence-corrected chi connectivity index (χ4v) is 4.61. The summed E-state index contributed by atoms with van der Waals surface area (Å²) in [6.45, 7) is 1.18. The summed E-state index contributed by atoms with van der Waals surface area (Å²) in [5, 5.41) is 25.1. The highest BCUT2D eigenvalue weighted by atomic mass is 35.5. The third-order valence-corrected chi connectivity index (χ3v) is 6.50. The lowest BCUT2D eigenvalue weighted by Crippen LogP contribution is -2.38. The van der Waals surface area contributed by atoms with Gasteiger partial charge in [0.1, 0.15) is 0 Å². The van der Waals surface area contributed by atoms with E-state index in [0.717, 1.165) is 22.7 Å². The Bertz CT molecular complexity index is 1050. The summed E-state index contributed by atoms with van der Waals surface area (Å²) in [5.74, 6) is -0.530. The Balaban J connectivity index is 0.00000385. The molecule has 2 aromatic heterocycles. The first-order valence-corrected chi connectivity index (χ1v) is 11.2. The van der Waals surface area contributed by atoms with E-state index < -0.39 is 9.85 Å². The number of ether oxygens (including phenoxy) is 1. The van der Waals surface area contributed by atoms with Crippen LogP contribution in [-0.4, -0.2) is 53.2 Å². The number of halogens is 1. The minimum absolute atomic E-state index is 0. The fraction of sp³-hybridized carbons (Fsp3) is 0.300. The molecule has 176 valence electrons. The van der Waals surface area contributed by atoms with E-state index in [1.807, 2.05) is 4.90 Å². The molecule has 1 aliphatic rings. The predicted octanol–water partition coefficient (Wildman–Crippen LogP) is 4.35. The van der Waals surface area contributed by atoms with Gasteiger partial charge < -0.3 is 4.74 Å². The molecule has 0 unspecified atom stereocenters. The number of hydrogen-bond acceptors (Lipinski definition) is 10. The summed E-state index contributed by atoms with van der Waals surface area (Å²) in [6, 6.07) is 2.82. The Morgan fingerprint density at radius 3 is 1.94 bits per heavy atom. The molecule has 0 spiro atoms. The summed E-state index contributed by atoms with van der Waals surface area (Å²) < 4.78 is 4.66. The first kappa shape index (κ1) is 26.3. The van der Waals surface area contributed by atoms with Crippen LogP contribution in [0.2, 0.25) is 0 Å². The Morgan fingerprint density at radius 2 is 1.55 bits per heavy atom. The second kappa shape index (κ2) is 11.8. The van der Waals surface area contributed by atoms with E-state index in [1.165, 1.54) is 19.2 Å². The number of piperidine rings is 1. The van der Waals surface area contributed by atoms with Gasteiger partial charge in [-0.1, -0.05) is 22.7 Å². The van der Waals surface area contributed by atoms with Crippen LogP contribution in [0.3, 0.4) is 0 Å². The van der Waals surface area contributed by atoms with Crippen molar-refractivity contribution >= 4 is 69.0 Å². The molecule has 1 saturated heterocycles. The Kier molecular flexibility index (Phi) is 9.41. The van der Waals surface area contributed by atoms with E-state index in [9.17, 15) is 29.8 Å². The number of carbonyl (C=O) groups excluding carboxylic acids is 2. The van der Waals surface area contributed by atoms with Gasteiger partial charge in [0.25, 0.3) is 0 Å². The van der Waals surface area contributed by atoms with Gasteiger partial charge in [-0.05, 0) is 36.2 Å². The number of nitrogens with zero attached hydrogens (tertiary/aromatic N) is 3. The minimum atomic E-state index is -0.483. The number of rotatable bonds is 8. The van der Waals surface area contributed by atoms with E-state index in [2.05, 4.69) is 4.74 Å². The zero-order valence-corrected chi connectivity index (χ0v) is 19.9. The molecule has 0 N–H and O–H groups in total. The van der Waals surface area contributed by atoms with Crippen molar-refractivity contribution in [2.75, 3.05) is 26.7 Å². The number of nitro groups is 2. The summed E-state index contributed by atoms with van der Waals surface area (Å²) in [7, 11) is 1.32. The van der Waals surface area contributed by atoms with Crippen molar-refractivity contribution in [1.29, 1.82) is 0 Å². The number of carbonyl (C=O) groups is 2. The monoisotopic (exact) mass is 513 g/mol. The molecule has 0 aromatic carbocycles. The molecule has 10 nitrogen and oxygen atoms in total. The van der Waals surface area contributed by atoms with Gasteiger partial charge in [-0.3, -0.25) is 34.7 Å². The van der Waals surface area contributed by atoms with Crippen LogP contribution in [0.4, 0.5) is 10.0 Å². The predicted molar refractivity (Wildman–Crippen MR) is 128 cm³/mol. The molecule has 0 aliphatic carbocycles. The normalized spacial score (nSPS) is 16.6. The van der Waals surface area contributed by atoms with Crippen LogP contribution in [0.1, 0.15) is 24.0 Å². The molecule has 3 heterocycles. The van der Waals surface area contributed by atoms with Crippen molar-refractivity contribution in [3.8, 4) is 0 Å². The average Bonchev–Trinajstić information content (AvgIpc) is 3.41. The first-order valence-electron chi connectivity index (χ1n) is 9.47. The van der Waals surface area contributed by atoms with Gasteiger partial charge in [0.05, 0.1) is 17.0 Å². The summed E-state index contributed by atoms with van der Waals surface area (Å²) in [6.07, 6.45) is 4.03. The van der Waals surface area contributed by atoms with E-state index in [-0.39, 0.29) is 40.6 Å². The van der Waals surface area contributed by atoms with Crippen molar-refractivity contribution in [2.24, 2.45) is 0 Å². The third kappa shape index (κ3) is 7.02. The van der Waals surface area contributed by atoms with Crippen molar-refractivity contribution < 1.29 is 24.2 Å². The quantitative estimate of drug-likeness (QED) is 0.220. The number of likely N-dealkylation sites (tertiary alicyclic amines) is 1. The molecular formula is C20H20ClN3O7S2. The zero-order valence-electron chi connectivity index (χ0n) is 17.4. The summed E-state index contributed by atoms with van der Waals surface area (Å²) >= 11 is 1.96. The van der Waals surface area contributed by atoms with Gasteiger partial charge in [-0.25, -0.2) is 0 Å². The Hall–Kier alpha value is -2.93.